The predicted octanol–water partition coefficient (Wildman–Crippen LogP) is 20.8. The minimum Gasteiger partial charge on any atom is -0.462 e. The van der Waals surface area contributed by atoms with Gasteiger partial charge in [-0.25, -0.2) is 4.57 Å². The molecule has 2 atom stereocenters. The van der Waals surface area contributed by atoms with Gasteiger partial charge in [0.25, 0.3) is 0 Å². The van der Waals surface area contributed by atoms with Gasteiger partial charge in [-0.3, -0.25) is 18.6 Å². The average Bonchev–Trinajstić information content (AvgIpc) is 3.46. The minimum absolute atomic E-state index is 0.0192. The lowest BCUT2D eigenvalue weighted by Gasteiger charge is -2.24. The Balaban J connectivity index is 4.21. The smallest absolute Gasteiger partial charge is 0.462 e. The van der Waals surface area contributed by atoms with E-state index in [1.165, 1.54) is 44.9 Å². The standard InChI is InChI=1S/C72H118NO8P/c1-6-8-10-12-14-16-18-20-22-24-26-28-30-32-34-35-36-37-39-41-43-45-47-49-51-53-55-57-59-61-63-65-72(75)81-70(69-80-82(76,77)79-67-66-73(3,4)5)68-78-71(74)64-62-60-58-56-54-52-50-48-46-44-42-40-38-33-31-29-27-25-23-21-19-17-15-13-11-9-7-2/h8-11,14-17,20-23,26-29,32-34,36-38,41,43,47,49,70H,6-7,12-13,18-19,24-25,30-31,35,39-40,42,44-46,48,50-69H2,1-5H3/p+1/b10-8-,11-9-,16-14-,17-15-,22-20-,23-21-,28-26-,29-27-,34-32-,37-36-,38-33-,43-41-,49-47-. The van der Waals surface area contributed by atoms with E-state index in [1.807, 2.05) is 21.1 Å². The fraction of sp³-hybridized carbons (Fsp3) is 0.611. The Morgan fingerprint density at radius 3 is 0.976 bits per heavy atom. The molecule has 0 aliphatic carbocycles. The summed E-state index contributed by atoms with van der Waals surface area (Å²) in [4.78, 5) is 35.8. The molecule has 0 amide bonds. The lowest BCUT2D eigenvalue weighted by molar-refractivity contribution is -0.870. The second kappa shape index (κ2) is 61.2. The van der Waals surface area contributed by atoms with Crippen LogP contribution in [0.2, 0.25) is 0 Å². The van der Waals surface area contributed by atoms with Gasteiger partial charge >= 0.3 is 19.8 Å². The van der Waals surface area contributed by atoms with Crippen LogP contribution in [0.3, 0.4) is 0 Å². The molecule has 1 N–H and O–H groups in total. The second-order valence-electron chi connectivity index (χ2n) is 22.0. The lowest BCUT2D eigenvalue weighted by atomic mass is 10.0. The number of ether oxygens (including phenoxy) is 2. The number of nitrogens with zero attached hydrogens (tertiary/aromatic N) is 1. The summed E-state index contributed by atoms with van der Waals surface area (Å²) in [6.07, 6.45) is 91.7. The van der Waals surface area contributed by atoms with E-state index in [0.717, 1.165) is 154 Å². The monoisotopic (exact) mass is 1160 g/mol. The van der Waals surface area contributed by atoms with Gasteiger partial charge in [-0.15, -0.1) is 0 Å². The number of unbranched alkanes of at least 4 members (excludes halogenated alkanes) is 17. The molecule has 0 spiro atoms. The van der Waals surface area contributed by atoms with E-state index >= 15 is 0 Å². The van der Waals surface area contributed by atoms with Crippen LogP contribution in [0.25, 0.3) is 0 Å². The van der Waals surface area contributed by atoms with Crippen LogP contribution in [0.5, 0.6) is 0 Å². The zero-order valence-electron chi connectivity index (χ0n) is 52.7. The number of likely N-dealkylation sites (N-methyl/N-ethyl adjacent to an activating group) is 1. The first kappa shape index (κ1) is 77.6. The van der Waals surface area contributed by atoms with Gasteiger partial charge in [-0.2, -0.15) is 0 Å². The van der Waals surface area contributed by atoms with E-state index in [0.29, 0.717) is 17.4 Å². The molecule has 0 aromatic rings. The van der Waals surface area contributed by atoms with Gasteiger partial charge in [0.15, 0.2) is 6.10 Å². The highest BCUT2D eigenvalue weighted by Crippen LogP contribution is 2.43. The summed E-state index contributed by atoms with van der Waals surface area (Å²) in [5.74, 6) is -0.828. The van der Waals surface area contributed by atoms with E-state index in [9.17, 15) is 19.0 Å². The topological polar surface area (TPSA) is 108 Å². The predicted molar refractivity (Wildman–Crippen MR) is 353 cm³/mol. The van der Waals surface area contributed by atoms with Crippen LogP contribution in [0, 0.1) is 0 Å². The molecule has 0 aromatic heterocycles. The van der Waals surface area contributed by atoms with E-state index in [4.69, 9.17) is 18.5 Å². The third-order valence-corrected chi connectivity index (χ3v) is 14.0. The SMILES string of the molecule is CC/C=C\C/C=C\C/C=C\C/C=C\C/C=C\C/C=C\C/C=C\C/C=C\CCCCCCCCC(=O)OC(COC(=O)CCCCCCCCCCCCC/C=C\C/C=C\C/C=C\C/C=C\C/C=C\CC)COP(=O)(O)OCC[N+](C)(C)C. The molecule has 0 bridgehead atoms. The van der Waals surface area contributed by atoms with Crippen molar-refractivity contribution in [3.63, 3.8) is 0 Å². The molecule has 0 aromatic carbocycles. The zero-order chi connectivity index (χ0) is 59.8. The highest BCUT2D eigenvalue weighted by atomic mass is 31.2. The summed E-state index contributed by atoms with van der Waals surface area (Å²) in [7, 11) is 1.44. The largest absolute Gasteiger partial charge is 0.472 e. The number of phosphoric ester groups is 1. The summed E-state index contributed by atoms with van der Waals surface area (Å²) in [5.41, 5.74) is 0. The van der Waals surface area contributed by atoms with Crippen molar-refractivity contribution in [2.45, 2.75) is 238 Å². The Bertz CT molecular complexity index is 1940. The lowest BCUT2D eigenvalue weighted by Crippen LogP contribution is -2.37. The Hall–Kier alpha value is -4.37. The first-order valence-electron chi connectivity index (χ1n) is 32.2. The number of phosphoric acid groups is 1. The van der Waals surface area contributed by atoms with Crippen LogP contribution < -0.4 is 0 Å². The number of quaternary nitrogens is 1. The maximum absolute atomic E-state index is 12.9. The molecule has 9 nitrogen and oxygen atoms in total. The van der Waals surface area contributed by atoms with Crippen LogP contribution in [0.15, 0.2) is 158 Å². The third-order valence-electron chi connectivity index (χ3n) is 13.1. The van der Waals surface area contributed by atoms with Crippen molar-refractivity contribution in [3.8, 4) is 0 Å². The number of hydrogen-bond acceptors (Lipinski definition) is 7. The zero-order valence-corrected chi connectivity index (χ0v) is 53.6. The maximum atomic E-state index is 12.9. The molecule has 0 radical (unpaired) electrons. The fourth-order valence-electron chi connectivity index (χ4n) is 8.18. The summed E-state index contributed by atoms with van der Waals surface area (Å²) in [6.45, 7) is 4.17. The van der Waals surface area contributed by atoms with E-state index in [2.05, 4.69) is 172 Å². The van der Waals surface area contributed by atoms with Crippen LogP contribution in [-0.4, -0.2) is 74.9 Å². The average molecular weight is 1160 g/mol. The Labute approximate surface area is 503 Å². The van der Waals surface area contributed by atoms with Gasteiger partial charge in [-0.1, -0.05) is 255 Å². The molecule has 0 fully saturated rings. The van der Waals surface area contributed by atoms with E-state index in [1.54, 1.807) is 0 Å². The number of carbonyl (C=O) groups excluding carboxylic acids is 2. The number of allylic oxidation sites excluding steroid dienone is 26. The summed E-state index contributed by atoms with van der Waals surface area (Å²) >= 11 is 0. The molecule has 2 unspecified atom stereocenters. The van der Waals surface area contributed by atoms with Gasteiger partial charge in [-0.05, 0) is 122 Å². The Morgan fingerprint density at radius 1 is 0.378 bits per heavy atom. The molecule has 0 aliphatic heterocycles. The first-order valence-corrected chi connectivity index (χ1v) is 33.7. The summed E-state index contributed by atoms with van der Waals surface area (Å²) in [5, 5.41) is 0. The molecule has 0 rings (SSSR count). The van der Waals surface area contributed by atoms with Crippen molar-refractivity contribution < 1.29 is 42.1 Å². The summed E-state index contributed by atoms with van der Waals surface area (Å²) < 4.78 is 34.6. The van der Waals surface area contributed by atoms with Crippen LogP contribution >= 0.6 is 7.82 Å². The third kappa shape index (κ3) is 64.8. The van der Waals surface area contributed by atoms with Gasteiger partial charge in [0, 0.05) is 12.8 Å². The van der Waals surface area contributed by atoms with Crippen molar-refractivity contribution >= 4 is 19.8 Å². The van der Waals surface area contributed by atoms with E-state index < -0.39 is 26.5 Å². The molecular formula is C72H119NO8P+. The van der Waals surface area contributed by atoms with Crippen molar-refractivity contribution in [2.24, 2.45) is 0 Å². The highest BCUT2D eigenvalue weighted by molar-refractivity contribution is 7.47. The van der Waals surface area contributed by atoms with Crippen molar-refractivity contribution in [3.05, 3.63) is 158 Å². The minimum atomic E-state index is -4.41. The number of rotatable bonds is 57. The quantitative estimate of drug-likeness (QED) is 0.0211. The molecule has 0 saturated heterocycles. The van der Waals surface area contributed by atoms with Crippen molar-refractivity contribution in [1.82, 2.24) is 0 Å². The van der Waals surface area contributed by atoms with Crippen LogP contribution in [0.4, 0.5) is 0 Å². The normalized spacial score (nSPS) is 14.3. The highest BCUT2D eigenvalue weighted by Gasteiger charge is 2.27. The van der Waals surface area contributed by atoms with Crippen molar-refractivity contribution in [1.29, 1.82) is 0 Å². The molecule has 464 valence electrons. The molecular weight excluding hydrogens is 1040 g/mol. The second-order valence-corrected chi connectivity index (χ2v) is 23.5. The van der Waals surface area contributed by atoms with Crippen LogP contribution in [0.1, 0.15) is 232 Å². The van der Waals surface area contributed by atoms with Gasteiger partial charge in [0.1, 0.15) is 19.8 Å². The number of carbonyl (C=O) groups is 2. The molecule has 0 aliphatic rings. The van der Waals surface area contributed by atoms with Gasteiger partial charge in [0.05, 0.1) is 27.7 Å². The van der Waals surface area contributed by atoms with Crippen LogP contribution in [-0.2, 0) is 32.7 Å². The number of esters is 2. The van der Waals surface area contributed by atoms with Gasteiger partial charge < -0.3 is 18.9 Å². The molecule has 10 heteroatoms. The number of hydrogen-bond donors (Lipinski definition) is 1. The fourth-order valence-corrected chi connectivity index (χ4v) is 8.92. The van der Waals surface area contributed by atoms with Gasteiger partial charge in [0.2, 0.25) is 0 Å². The van der Waals surface area contributed by atoms with E-state index in [-0.39, 0.29) is 32.0 Å². The maximum Gasteiger partial charge on any atom is 0.472 e. The van der Waals surface area contributed by atoms with Crippen molar-refractivity contribution in [2.75, 3.05) is 47.5 Å². The Kier molecular flexibility index (Phi) is 57.9. The summed E-state index contributed by atoms with van der Waals surface area (Å²) in [6, 6.07) is 0. The molecule has 0 saturated carbocycles. The first-order chi connectivity index (χ1) is 40.0. The molecule has 82 heavy (non-hydrogen) atoms. The Morgan fingerprint density at radius 2 is 0.659 bits per heavy atom. The molecule has 0 heterocycles.